The number of rotatable bonds is 5. The number of hydrogen-bond acceptors (Lipinski definition) is 7. The number of carboxylic acid groups (broad SMARTS) is 1. The monoisotopic (exact) mass is 454 g/mol. The molecule has 0 bridgehead atoms. The van der Waals surface area contributed by atoms with Gasteiger partial charge in [-0.3, -0.25) is 14.1 Å². The quantitative estimate of drug-likeness (QED) is 0.494. The number of pyridine rings is 1. The van der Waals surface area contributed by atoms with Crippen LogP contribution in [0.1, 0.15) is 26.7 Å². The molecule has 4 heterocycles. The maximum atomic E-state index is 13.6. The van der Waals surface area contributed by atoms with Crippen molar-refractivity contribution in [1.82, 2.24) is 24.3 Å². The molecule has 1 aliphatic rings. The van der Waals surface area contributed by atoms with E-state index in [1.165, 1.54) is 12.3 Å². The summed E-state index contributed by atoms with van der Waals surface area (Å²) in [5.41, 5.74) is 0.292. The number of fused-ring (bicyclic) bond motifs is 1. The fourth-order valence-electron chi connectivity index (χ4n) is 3.63. The first-order valence-electron chi connectivity index (χ1n) is 9.55. The van der Waals surface area contributed by atoms with Crippen LogP contribution in [0.5, 0.6) is 0 Å². The first-order valence-corrected chi connectivity index (χ1v) is 9.55. The largest absolute Gasteiger partial charge is 1.00 e. The maximum Gasteiger partial charge on any atom is 1.00 e. The third-order valence-electron chi connectivity index (χ3n) is 5.44. The molecule has 0 amide bonds. The van der Waals surface area contributed by atoms with Gasteiger partial charge < -0.3 is 15.9 Å². The summed E-state index contributed by atoms with van der Waals surface area (Å²) in [5, 5.41) is 12.9. The Morgan fingerprint density at radius 1 is 1.29 bits per heavy atom. The smallest absolute Gasteiger partial charge is 0.870 e. The summed E-state index contributed by atoms with van der Waals surface area (Å²) in [4.78, 5) is 26.7. The zero-order chi connectivity index (χ0) is 20.6. The van der Waals surface area contributed by atoms with E-state index in [9.17, 15) is 14.3 Å². The van der Waals surface area contributed by atoms with Gasteiger partial charge in [-0.25, -0.2) is 19.3 Å². The molecular formula is C20H24FKN6O3. The van der Waals surface area contributed by atoms with Gasteiger partial charge in [0.25, 0.3) is 0 Å². The fraction of sp³-hybridized carbons (Fsp3) is 0.400. The first-order chi connectivity index (χ1) is 13.8. The van der Waals surface area contributed by atoms with Crippen molar-refractivity contribution in [3.05, 3.63) is 42.6 Å². The SMILES string of the molecule is CC(C)(C(=O)O)N1CCC[C@@H](Nc2ccnc(-c3cnc4ccc(F)cn34)n2)C1.[K+].[OH-]. The summed E-state index contributed by atoms with van der Waals surface area (Å²) >= 11 is 0. The van der Waals surface area contributed by atoms with Crippen molar-refractivity contribution in [3.63, 3.8) is 0 Å². The number of piperidine rings is 1. The molecule has 4 rings (SSSR count). The minimum absolute atomic E-state index is 0. The van der Waals surface area contributed by atoms with Crippen LogP contribution in [0.3, 0.4) is 0 Å². The van der Waals surface area contributed by atoms with Crippen molar-refractivity contribution < 1.29 is 71.2 Å². The fourth-order valence-corrected chi connectivity index (χ4v) is 3.63. The minimum atomic E-state index is -0.919. The van der Waals surface area contributed by atoms with Crippen LogP contribution in [-0.2, 0) is 4.79 Å². The van der Waals surface area contributed by atoms with E-state index in [1.54, 1.807) is 42.8 Å². The summed E-state index contributed by atoms with van der Waals surface area (Å²) in [6, 6.07) is 4.80. The number of aliphatic carboxylic acids is 1. The number of likely N-dealkylation sites (tertiary alicyclic amines) is 1. The Morgan fingerprint density at radius 2 is 2.06 bits per heavy atom. The predicted octanol–water partition coefficient (Wildman–Crippen LogP) is -0.503. The number of halogens is 1. The molecule has 1 aliphatic heterocycles. The van der Waals surface area contributed by atoms with Crippen molar-refractivity contribution >= 4 is 17.4 Å². The van der Waals surface area contributed by atoms with E-state index in [-0.39, 0.29) is 68.7 Å². The van der Waals surface area contributed by atoms with Gasteiger partial charge in [0.15, 0.2) is 5.82 Å². The first kappa shape index (κ1) is 25.8. The van der Waals surface area contributed by atoms with E-state index in [4.69, 9.17) is 0 Å². The molecule has 0 aliphatic carbocycles. The number of imidazole rings is 1. The van der Waals surface area contributed by atoms with Crippen LogP contribution in [0.2, 0.25) is 0 Å². The second-order valence-electron chi connectivity index (χ2n) is 7.78. The Hall–Kier alpha value is -1.47. The normalized spacial score (nSPS) is 16.9. The standard InChI is InChI=1S/C20H23FN6O2.K.H2O/c1-20(2,19(28)29)26-9-3-4-14(12-26)24-16-7-8-22-18(25-16)15-10-23-17-6-5-13(21)11-27(15)17;;/h5-8,10-11,14H,3-4,9,12H2,1-2H3,(H,28,29)(H,22,24,25);;1H2/q;+1;/p-1/t14-;;/m1../s1. The zero-order valence-corrected chi connectivity index (χ0v) is 20.9. The molecule has 0 aromatic carbocycles. The molecule has 3 aromatic rings. The predicted molar refractivity (Wildman–Crippen MR) is 108 cm³/mol. The molecule has 160 valence electrons. The number of aromatic nitrogens is 4. The van der Waals surface area contributed by atoms with Crippen LogP contribution >= 0.6 is 0 Å². The Morgan fingerprint density at radius 3 is 2.81 bits per heavy atom. The van der Waals surface area contributed by atoms with Gasteiger partial charge in [-0.15, -0.1) is 0 Å². The molecule has 31 heavy (non-hydrogen) atoms. The van der Waals surface area contributed by atoms with E-state index in [0.717, 1.165) is 19.4 Å². The Bertz CT molecular complexity index is 1060. The van der Waals surface area contributed by atoms with Crippen molar-refractivity contribution in [2.75, 3.05) is 18.4 Å². The number of anilines is 1. The molecule has 0 radical (unpaired) electrons. The van der Waals surface area contributed by atoms with Gasteiger partial charge in [0.1, 0.15) is 28.5 Å². The van der Waals surface area contributed by atoms with E-state index in [0.29, 0.717) is 29.5 Å². The summed E-state index contributed by atoms with van der Waals surface area (Å²) in [7, 11) is 0. The van der Waals surface area contributed by atoms with Crippen LogP contribution in [-0.4, -0.2) is 65.5 Å². The topological polar surface area (TPSA) is 126 Å². The maximum absolute atomic E-state index is 13.6. The molecular weight excluding hydrogens is 430 g/mol. The molecule has 11 heteroatoms. The van der Waals surface area contributed by atoms with Crippen LogP contribution in [0.15, 0.2) is 36.8 Å². The number of carbonyl (C=O) groups is 1. The number of nitrogens with zero attached hydrogens (tertiary/aromatic N) is 5. The number of hydrogen-bond donors (Lipinski definition) is 2. The summed E-state index contributed by atoms with van der Waals surface area (Å²) < 4.78 is 15.3. The summed E-state index contributed by atoms with van der Waals surface area (Å²) in [6.07, 6.45) is 6.44. The number of carboxylic acids is 1. The molecule has 3 aromatic heterocycles. The van der Waals surface area contributed by atoms with E-state index in [1.807, 2.05) is 4.90 Å². The van der Waals surface area contributed by atoms with Gasteiger partial charge in [-0.05, 0) is 51.4 Å². The Balaban J connectivity index is 0.00000171. The zero-order valence-electron chi connectivity index (χ0n) is 17.8. The van der Waals surface area contributed by atoms with Gasteiger partial charge in [-0.1, -0.05) is 0 Å². The minimum Gasteiger partial charge on any atom is -0.870 e. The van der Waals surface area contributed by atoms with Gasteiger partial charge in [0.2, 0.25) is 0 Å². The van der Waals surface area contributed by atoms with Gasteiger partial charge >= 0.3 is 57.4 Å². The second kappa shape index (κ2) is 10.4. The van der Waals surface area contributed by atoms with Crippen molar-refractivity contribution in [2.24, 2.45) is 0 Å². The van der Waals surface area contributed by atoms with E-state index >= 15 is 0 Å². The van der Waals surface area contributed by atoms with Gasteiger partial charge in [0.05, 0.1) is 6.20 Å². The average molecular weight is 455 g/mol. The number of nitrogens with one attached hydrogen (secondary N) is 1. The molecule has 3 N–H and O–H groups in total. The molecule has 9 nitrogen and oxygen atoms in total. The van der Waals surface area contributed by atoms with E-state index in [2.05, 4.69) is 20.3 Å². The molecule has 0 saturated carbocycles. The summed E-state index contributed by atoms with van der Waals surface area (Å²) in [6.45, 7) is 4.81. The third-order valence-corrected chi connectivity index (χ3v) is 5.44. The molecule has 1 fully saturated rings. The average Bonchev–Trinajstić information content (AvgIpc) is 3.11. The van der Waals surface area contributed by atoms with Crippen LogP contribution in [0.25, 0.3) is 17.2 Å². The van der Waals surface area contributed by atoms with Crippen LogP contribution < -0.4 is 56.7 Å². The van der Waals surface area contributed by atoms with Crippen molar-refractivity contribution in [2.45, 2.75) is 38.3 Å². The van der Waals surface area contributed by atoms with Gasteiger partial charge in [0, 0.05) is 25.0 Å². The van der Waals surface area contributed by atoms with Crippen molar-refractivity contribution in [1.29, 1.82) is 0 Å². The van der Waals surface area contributed by atoms with E-state index < -0.39 is 11.5 Å². The van der Waals surface area contributed by atoms with Crippen LogP contribution in [0, 0.1) is 5.82 Å². The molecule has 0 unspecified atom stereocenters. The van der Waals surface area contributed by atoms with Crippen LogP contribution in [0.4, 0.5) is 10.2 Å². The molecule has 1 saturated heterocycles. The molecule has 0 spiro atoms. The Kier molecular flexibility index (Phi) is 8.67. The van der Waals surface area contributed by atoms with Gasteiger partial charge in [-0.2, -0.15) is 0 Å². The molecule has 1 atom stereocenters. The summed E-state index contributed by atoms with van der Waals surface area (Å²) in [5.74, 6) is -0.121. The second-order valence-corrected chi connectivity index (χ2v) is 7.78. The third kappa shape index (κ3) is 5.48. The van der Waals surface area contributed by atoms with Crippen molar-refractivity contribution in [3.8, 4) is 11.5 Å². The Labute approximate surface area is 221 Å².